The summed E-state index contributed by atoms with van der Waals surface area (Å²) in [5.41, 5.74) is 2.11. The van der Waals surface area contributed by atoms with Crippen LogP contribution in [-0.4, -0.2) is 10.2 Å². The number of H-pyrrole nitrogens is 1. The van der Waals surface area contributed by atoms with Crippen LogP contribution >= 0.6 is 11.6 Å². The molecule has 0 unspecified atom stereocenters. The van der Waals surface area contributed by atoms with Gasteiger partial charge in [-0.15, -0.1) is 0 Å². The lowest BCUT2D eigenvalue weighted by Gasteiger charge is -2.01. The molecule has 1 aromatic carbocycles. The number of nitrogens with one attached hydrogen (secondary N) is 1. The van der Waals surface area contributed by atoms with Crippen molar-refractivity contribution in [2.45, 2.75) is 12.8 Å². The van der Waals surface area contributed by atoms with Crippen LogP contribution in [0.2, 0.25) is 5.02 Å². The highest BCUT2D eigenvalue weighted by Crippen LogP contribution is 2.16. The van der Waals surface area contributed by atoms with Gasteiger partial charge in [-0.05, 0) is 24.5 Å². The fraction of sp³-hybridized carbons (Fsp3) is 0.182. The van der Waals surface area contributed by atoms with E-state index in [2.05, 4.69) is 16.3 Å². The van der Waals surface area contributed by atoms with Gasteiger partial charge >= 0.3 is 0 Å². The number of hydrogen-bond acceptors (Lipinski definition) is 1. The first-order valence-electron chi connectivity index (χ1n) is 4.50. The second kappa shape index (κ2) is 4.29. The molecule has 0 aliphatic heterocycles. The Kier molecular flexibility index (Phi) is 2.84. The molecule has 2 rings (SSSR count). The standard InChI is InChI=1S/C11H10ClN2/c12-11-4-2-1-3-9(11)5-6-10-7-8-13-14-10/h1-4,8H,5-6H2,(H,13,14). The Labute approximate surface area is 87.9 Å². The van der Waals surface area contributed by atoms with Gasteiger partial charge in [0.05, 0.1) is 5.69 Å². The maximum Gasteiger partial charge on any atom is 0.0705 e. The van der Waals surface area contributed by atoms with Crippen molar-refractivity contribution in [1.82, 2.24) is 10.2 Å². The first kappa shape index (κ1) is 9.28. The minimum absolute atomic E-state index is 0.822. The molecule has 1 N–H and O–H groups in total. The van der Waals surface area contributed by atoms with Crippen LogP contribution in [0.25, 0.3) is 0 Å². The van der Waals surface area contributed by atoms with Gasteiger partial charge in [0.15, 0.2) is 0 Å². The van der Waals surface area contributed by atoms with E-state index in [9.17, 15) is 0 Å². The molecule has 0 spiro atoms. The molecule has 0 fully saturated rings. The summed E-state index contributed by atoms with van der Waals surface area (Å²) in [5, 5.41) is 7.60. The SMILES string of the molecule is Clc1ccccc1CCc1[c]c[nH]n1. The van der Waals surface area contributed by atoms with Gasteiger partial charge in [-0.3, -0.25) is 5.10 Å². The number of rotatable bonds is 3. The van der Waals surface area contributed by atoms with Crippen LogP contribution in [0.15, 0.2) is 30.5 Å². The minimum Gasteiger partial charge on any atom is -0.285 e. The number of halogens is 1. The summed E-state index contributed by atoms with van der Waals surface area (Å²) in [4.78, 5) is 0. The molecule has 0 aliphatic rings. The molecule has 2 nitrogen and oxygen atoms in total. The largest absolute Gasteiger partial charge is 0.285 e. The molecule has 1 radical (unpaired) electrons. The summed E-state index contributed by atoms with van der Waals surface area (Å²) in [6, 6.07) is 10.9. The topological polar surface area (TPSA) is 28.7 Å². The highest BCUT2D eigenvalue weighted by molar-refractivity contribution is 6.31. The Morgan fingerprint density at radius 2 is 2.14 bits per heavy atom. The molecule has 0 saturated heterocycles. The van der Waals surface area contributed by atoms with E-state index in [0.717, 1.165) is 29.1 Å². The Morgan fingerprint density at radius 3 is 2.86 bits per heavy atom. The summed E-state index contributed by atoms with van der Waals surface area (Å²) in [6.07, 6.45) is 3.48. The number of nitrogens with zero attached hydrogens (tertiary/aromatic N) is 1. The third-order valence-electron chi connectivity index (χ3n) is 2.09. The van der Waals surface area contributed by atoms with Gasteiger partial charge in [0, 0.05) is 17.3 Å². The molecule has 14 heavy (non-hydrogen) atoms. The van der Waals surface area contributed by atoms with E-state index in [1.807, 2.05) is 24.3 Å². The minimum atomic E-state index is 0.822. The summed E-state index contributed by atoms with van der Waals surface area (Å²) >= 11 is 6.03. The Balaban J connectivity index is 2.02. The van der Waals surface area contributed by atoms with E-state index in [0.29, 0.717) is 0 Å². The lowest BCUT2D eigenvalue weighted by Crippen LogP contribution is -1.92. The zero-order valence-electron chi connectivity index (χ0n) is 7.63. The van der Waals surface area contributed by atoms with E-state index >= 15 is 0 Å². The van der Waals surface area contributed by atoms with Gasteiger partial charge in [-0.2, -0.15) is 5.10 Å². The molecule has 0 amide bonds. The number of benzene rings is 1. The molecule has 0 saturated carbocycles. The first-order valence-corrected chi connectivity index (χ1v) is 4.88. The first-order chi connectivity index (χ1) is 6.86. The molecular weight excluding hydrogens is 196 g/mol. The van der Waals surface area contributed by atoms with Crippen molar-refractivity contribution >= 4 is 11.6 Å². The maximum atomic E-state index is 6.03. The molecule has 2 aromatic rings. The van der Waals surface area contributed by atoms with Crippen LogP contribution in [0, 0.1) is 6.07 Å². The predicted octanol–water partition coefficient (Wildman–Crippen LogP) is 2.65. The molecule has 0 aliphatic carbocycles. The third-order valence-corrected chi connectivity index (χ3v) is 2.46. The molecule has 3 heteroatoms. The molecular formula is C11H10ClN2. The highest BCUT2D eigenvalue weighted by Gasteiger charge is 2.00. The normalized spacial score (nSPS) is 10.4. The monoisotopic (exact) mass is 205 g/mol. The van der Waals surface area contributed by atoms with Crippen molar-refractivity contribution in [3.8, 4) is 0 Å². The lowest BCUT2D eigenvalue weighted by molar-refractivity contribution is 0.892. The number of aromatic amines is 1. The van der Waals surface area contributed by atoms with Crippen LogP contribution in [0.3, 0.4) is 0 Å². The van der Waals surface area contributed by atoms with Crippen LogP contribution in [0.5, 0.6) is 0 Å². The average molecular weight is 206 g/mol. The van der Waals surface area contributed by atoms with Gasteiger partial charge in [0.2, 0.25) is 0 Å². The van der Waals surface area contributed by atoms with Crippen LogP contribution in [0.1, 0.15) is 11.3 Å². The fourth-order valence-corrected chi connectivity index (χ4v) is 1.57. The van der Waals surface area contributed by atoms with Crippen LogP contribution < -0.4 is 0 Å². The van der Waals surface area contributed by atoms with Crippen molar-refractivity contribution in [1.29, 1.82) is 0 Å². The van der Waals surface area contributed by atoms with Crippen molar-refractivity contribution in [3.05, 3.63) is 52.8 Å². The molecule has 1 aromatic heterocycles. The van der Waals surface area contributed by atoms with Gasteiger partial charge in [0.1, 0.15) is 0 Å². The van der Waals surface area contributed by atoms with E-state index in [1.165, 1.54) is 0 Å². The van der Waals surface area contributed by atoms with Crippen LogP contribution in [-0.2, 0) is 12.8 Å². The van der Waals surface area contributed by atoms with Crippen LogP contribution in [0.4, 0.5) is 0 Å². The van der Waals surface area contributed by atoms with E-state index < -0.39 is 0 Å². The van der Waals surface area contributed by atoms with Gasteiger partial charge in [0.25, 0.3) is 0 Å². The molecule has 0 atom stereocenters. The van der Waals surface area contributed by atoms with E-state index in [1.54, 1.807) is 6.20 Å². The Bertz CT molecular complexity index is 395. The Hall–Kier alpha value is -1.28. The fourth-order valence-electron chi connectivity index (χ4n) is 1.34. The van der Waals surface area contributed by atoms with E-state index in [-0.39, 0.29) is 0 Å². The predicted molar refractivity (Wildman–Crippen MR) is 56.3 cm³/mol. The number of hydrogen-bond donors (Lipinski definition) is 1. The van der Waals surface area contributed by atoms with Crippen molar-refractivity contribution < 1.29 is 0 Å². The van der Waals surface area contributed by atoms with Gasteiger partial charge in [-0.1, -0.05) is 29.8 Å². The number of aryl methyl sites for hydroxylation is 2. The molecule has 0 bridgehead atoms. The van der Waals surface area contributed by atoms with Crippen molar-refractivity contribution in [3.63, 3.8) is 0 Å². The lowest BCUT2D eigenvalue weighted by atomic mass is 10.1. The summed E-state index contributed by atoms with van der Waals surface area (Å²) in [5.74, 6) is 0. The summed E-state index contributed by atoms with van der Waals surface area (Å²) in [6.45, 7) is 0. The zero-order valence-corrected chi connectivity index (χ0v) is 8.38. The molecule has 71 valence electrons. The average Bonchev–Trinajstić information content (AvgIpc) is 2.69. The Morgan fingerprint density at radius 1 is 1.29 bits per heavy atom. The second-order valence-electron chi connectivity index (χ2n) is 3.07. The zero-order chi connectivity index (χ0) is 9.80. The number of aromatic nitrogens is 2. The van der Waals surface area contributed by atoms with Gasteiger partial charge in [-0.25, -0.2) is 0 Å². The summed E-state index contributed by atoms with van der Waals surface area (Å²) < 4.78 is 0. The third kappa shape index (κ3) is 2.15. The second-order valence-corrected chi connectivity index (χ2v) is 3.47. The maximum absolute atomic E-state index is 6.03. The highest BCUT2D eigenvalue weighted by atomic mass is 35.5. The van der Waals surface area contributed by atoms with E-state index in [4.69, 9.17) is 11.6 Å². The smallest absolute Gasteiger partial charge is 0.0705 e. The quantitative estimate of drug-likeness (QED) is 0.820. The van der Waals surface area contributed by atoms with Gasteiger partial charge < -0.3 is 0 Å². The van der Waals surface area contributed by atoms with Crippen molar-refractivity contribution in [2.24, 2.45) is 0 Å². The molecule has 1 heterocycles. The van der Waals surface area contributed by atoms with Crippen molar-refractivity contribution in [2.75, 3.05) is 0 Å². The summed E-state index contributed by atoms with van der Waals surface area (Å²) in [7, 11) is 0.